The van der Waals surface area contributed by atoms with Gasteiger partial charge in [-0.2, -0.15) is 13.2 Å². The van der Waals surface area contributed by atoms with Crippen LogP contribution >= 0.6 is 0 Å². The molecule has 1 aliphatic heterocycles. The molecule has 0 aromatic carbocycles. The van der Waals surface area contributed by atoms with E-state index in [2.05, 4.69) is 0 Å². The van der Waals surface area contributed by atoms with E-state index >= 15 is 0 Å². The third-order valence-corrected chi connectivity index (χ3v) is 3.43. The normalized spacial score (nSPS) is 20.3. The SMILES string of the molecule is CCC(C)[C@H](N)C(=O)N1CC=C(C(F)(F)F)CC1. The minimum Gasteiger partial charge on any atom is -0.337 e. The maximum atomic E-state index is 12.4. The van der Waals surface area contributed by atoms with E-state index in [1.54, 1.807) is 0 Å². The summed E-state index contributed by atoms with van der Waals surface area (Å²) in [6.45, 7) is 3.88. The largest absolute Gasteiger partial charge is 0.412 e. The second kappa shape index (κ2) is 5.73. The van der Waals surface area contributed by atoms with Crippen LogP contribution in [0.5, 0.6) is 0 Å². The maximum Gasteiger partial charge on any atom is 0.412 e. The topological polar surface area (TPSA) is 46.3 Å². The summed E-state index contributed by atoms with van der Waals surface area (Å²) in [6, 6.07) is -0.629. The zero-order chi connectivity index (χ0) is 13.9. The Bertz CT molecular complexity index is 339. The molecule has 1 amide bonds. The molecule has 0 radical (unpaired) electrons. The molecule has 2 N–H and O–H groups in total. The molecular weight excluding hydrogens is 245 g/mol. The van der Waals surface area contributed by atoms with Crippen LogP contribution in [0.2, 0.25) is 0 Å². The molecule has 1 aliphatic rings. The molecule has 0 spiro atoms. The highest BCUT2D eigenvalue weighted by Gasteiger charge is 2.36. The second-order valence-electron chi connectivity index (χ2n) is 4.67. The summed E-state index contributed by atoms with van der Waals surface area (Å²) < 4.78 is 37.2. The average Bonchev–Trinajstić information content (AvgIpc) is 2.35. The first kappa shape index (κ1) is 15.0. The van der Waals surface area contributed by atoms with Crippen LogP contribution in [-0.2, 0) is 4.79 Å². The van der Waals surface area contributed by atoms with Gasteiger partial charge in [0, 0.05) is 18.7 Å². The lowest BCUT2D eigenvalue weighted by atomic mass is 9.98. The summed E-state index contributed by atoms with van der Waals surface area (Å²) in [4.78, 5) is 13.3. The first-order valence-corrected chi connectivity index (χ1v) is 6.08. The summed E-state index contributed by atoms with van der Waals surface area (Å²) in [5, 5.41) is 0. The Labute approximate surface area is 105 Å². The van der Waals surface area contributed by atoms with Crippen LogP contribution in [0, 0.1) is 5.92 Å². The molecule has 2 atom stereocenters. The molecule has 0 bridgehead atoms. The molecular formula is C12H19F3N2O. The number of halogens is 3. The third-order valence-electron chi connectivity index (χ3n) is 3.43. The van der Waals surface area contributed by atoms with Crippen molar-refractivity contribution >= 4 is 5.91 Å². The molecule has 3 nitrogen and oxygen atoms in total. The van der Waals surface area contributed by atoms with Gasteiger partial charge in [-0.3, -0.25) is 4.79 Å². The van der Waals surface area contributed by atoms with Gasteiger partial charge >= 0.3 is 6.18 Å². The van der Waals surface area contributed by atoms with E-state index < -0.39 is 17.8 Å². The Morgan fingerprint density at radius 1 is 1.56 bits per heavy atom. The van der Waals surface area contributed by atoms with Crippen molar-refractivity contribution in [3.8, 4) is 0 Å². The molecule has 6 heteroatoms. The standard InChI is InChI=1S/C12H19F3N2O/c1-3-8(2)10(16)11(18)17-6-4-9(5-7-17)12(13,14)15/h4,8,10H,3,5-7,16H2,1-2H3/t8?,10-/m0/s1. The van der Waals surface area contributed by atoms with Crippen LogP contribution in [0.4, 0.5) is 13.2 Å². The Morgan fingerprint density at radius 3 is 2.56 bits per heavy atom. The van der Waals surface area contributed by atoms with Gasteiger partial charge in [-0.05, 0) is 12.3 Å². The third kappa shape index (κ3) is 3.48. The van der Waals surface area contributed by atoms with Crippen molar-refractivity contribution in [2.24, 2.45) is 11.7 Å². The Hall–Kier alpha value is -1.04. The van der Waals surface area contributed by atoms with E-state index in [-0.39, 0.29) is 31.3 Å². The molecule has 0 aliphatic carbocycles. The van der Waals surface area contributed by atoms with Gasteiger partial charge < -0.3 is 10.6 Å². The monoisotopic (exact) mass is 264 g/mol. The molecule has 1 unspecified atom stereocenters. The molecule has 0 saturated heterocycles. The van der Waals surface area contributed by atoms with E-state index in [0.717, 1.165) is 12.5 Å². The zero-order valence-electron chi connectivity index (χ0n) is 10.6. The minimum absolute atomic E-state index is 0.00217. The quantitative estimate of drug-likeness (QED) is 0.793. The van der Waals surface area contributed by atoms with Crippen molar-refractivity contribution in [1.29, 1.82) is 0 Å². The van der Waals surface area contributed by atoms with Gasteiger partial charge in [-0.15, -0.1) is 0 Å². The van der Waals surface area contributed by atoms with E-state index in [0.29, 0.717) is 0 Å². The maximum absolute atomic E-state index is 12.4. The Kier molecular flexibility index (Phi) is 4.78. The Balaban J connectivity index is 2.63. The molecule has 0 aromatic heterocycles. The lowest BCUT2D eigenvalue weighted by Crippen LogP contribution is -2.48. The van der Waals surface area contributed by atoms with Gasteiger partial charge in [0.05, 0.1) is 6.04 Å². The highest BCUT2D eigenvalue weighted by molar-refractivity contribution is 5.82. The number of amides is 1. The molecule has 0 saturated carbocycles. The highest BCUT2D eigenvalue weighted by Crippen LogP contribution is 2.30. The number of rotatable bonds is 3. The van der Waals surface area contributed by atoms with Crippen LogP contribution in [0.1, 0.15) is 26.7 Å². The number of alkyl halides is 3. The molecule has 1 rings (SSSR count). The predicted octanol–water partition coefficient (Wildman–Crippen LogP) is 2.08. The van der Waals surface area contributed by atoms with Gasteiger partial charge in [0.25, 0.3) is 0 Å². The Morgan fingerprint density at radius 2 is 2.17 bits per heavy atom. The number of hydrogen-bond acceptors (Lipinski definition) is 2. The average molecular weight is 264 g/mol. The van der Waals surface area contributed by atoms with Gasteiger partial charge in [-0.25, -0.2) is 0 Å². The van der Waals surface area contributed by atoms with Gasteiger partial charge in [0.1, 0.15) is 0 Å². The lowest BCUT2D eigenvalue weighted by Gasteiger charge is -2.30. The van der Waals surface area contributed by atoms with Crippen molar-refractivity contribution in [1.82, 2.24) is 4.90 Å². The summed E-state index contributed by atoms with van der Waals surface area (Å²) in [5.41, 5.74) is 5.24. The molecule has 18 heavy (non-hydrogen) atoms. The van der Waals surface area contributed by atoms with Gasteiger partial charge in [0.15, 0.2) is 0 Å². The summed E-state index contributed by atoms with van der Waals surface area (Å²) in [6.07, 6.45) is -2.59. The molecule has 1 heterocycles. The lowest BCUT2D eigenvalue weighted by molar-refractivity contribution is -0.134. The highest BCUT2D eigenvalue weighted by atomic mass is 19.4. The van der Waals surface area contributed by atoms with Crippen LogP contribution in [0.15, 0.2) is 11.6 Å². The summed E-state index contributed by atoms with van der Waals surface area (Å²) in [7, 11) is 0. The van der Waals surface area contributed by atoms with Crippen LogP contribution < -0.4 is 5.73 Å². The minimum atomic E-state index is -4.28. The van der Waals surface area contributed by atoms with Crippen molar-refractivity contribution < 1.29 is 18.0 Å². The van der Waals surface area contributed by atoms with E-state index in [9.17, 15) is 18.0 Å². The second-order valence-corrected chi connectivity index (χ2v) is 4.67. The molecule has 0 aromatic rings. The van der Waals surface area contributed by atoms with E-state index in [1.165, 1.54) is 4.90 Å². The van der Waals surface area contributed by atoms with Crippen molar-refractivity contribution in [2.45, 2.75) is 38.9 Å². The number of carbonyl (C=O) groups excluding carboxylic acids is 1. The summed E-state index contributed by atoms with van der Waals surface area (Å²) >= 11 is 0. The van der Waals surface area contributed by atoms with Crippen LogP contribution in [0.3, 0.4) is 0 Å². The van der Waals surface area contributed by atoms with Crippen molar-refractivity contribution in [3.05, 3.63) is 11.6 Å². The van der Waals surface area contributed by atoms with E-state index in [1.807, 2.05) is 13.8 Å². The number of carbonyl (C=O) groups is 1. The van der Waals surface area contributed by atoms with Gasteiger partial charge in [0.2, 0.25) is 5.91 Å². The van der Waals surface area contributed by atoms with Crippen molar-refractivity contribution in [3.63, 3.8) is 0 Å². The fourth-order valence-electron chi connectivity index (χ4n) is 1.83. The van der Waals surface area contributed by atoms with Crippen molar-refractivity contribution in [2.75, 3.05) is 13.1 Å². The molecule has 0 fully saturated rings. The number of hydrogen-bond donors (Lipinski definition) is 1. The number of nitrogens with zero attached hydrogens (tertiary/aromatic N) is 1. The van der Waals surface area contributed by atoms with E-state index in [4.69, 9.17) is 5.73 Å². The fourth-order valence-corrected chi connectivity index (χ4v) is 1.83. The van der Waals surface area contributed by atoms with Crippen LogP contribution in [-0.4, -0.2) is 36.1 Å². The zero-order valence-corrected chi connectivity index (χ0v) is 10.6. The summed E-state index contributed by atoms with van der Waals surface area (Å²) in [5.74, 6) is -0.229. The first-order chi connectivity index (χ1) is 8.27. The number of nitrogens with two attached hydrogens (primary N) is 1. The van der Waals surface area contributed by atoms with Crippen LogP contribution in [0.25, 0.3) is 0 Å². The fraction of sp³-hybridized carbons (Fsp3) is 0.750. The van der Waals surface area contributed by atoms with Gasteiger partial charge in [-0.1, -0.05) is 26.3 Å². The first-order valence-electron chi connectivity index (χ1n) is 6.08. The molecule has 104 valence electrons. The smallest absolute Gasteiger partial charge is 0.337 e. The predicted molar refractivity (Wildman–Crippen MR) is 62.8 cm³/mol.